The highest BCUT2D eigenvalue weighted by Crippen LogP contribution is 2.33. The molecule has 20 heavy (non-hydrogen) atoms. The van der Waals surface area contributed by atoms with Gasteiger partial charge < -0.3 is 10.2 Å². The lowest BCUT2D eigenvalue weighted by atomic mass is 10.2. The number of amides is 2. The summed E-state index contributed by atoms with van der Waals surface area (Å²) in [7, 11) is 0. The van der Waals surface area contributed by atoms with E-state index in [4.69, 9.17) is 0 Å². The minimum atomic E-state index is -0.0330. The molecule has 0 atom stereocenters. The lowest BCUT2D eigenvalue weighted by molar-refractivity contribution is 0.217. The Hall–Kier alpha value is -1.16. The van der Waals surface area contributed by atoms with Gasteiger partial charge in [0.05, 0.1) is 0 Å². The summed E-state index contributed by atoms with van der Waals surface area (Å²) in [6.45, 7) is 14.0. The molecule has 2 amide bonds. The first kappa shape index (κ1) is 16.9. The first-order chi connectivity index (χ1) is 9.26. The van der Waals surface area contributed by atoms with Crippen molar-refractivity contribution in [2.75, 3.05) is 18.4 Å². The Labute approximate surface area is 127 Å². The Morgan fingerprint density at radius 2 is 1.85 bits per heavy atom. The molecule has 0 saturated heterocycles. The molecule has 0 aromatic heterocycles. The molecule has 4 heteroatoms. The number of hydrogen-bond acceptors (Lipinski definition) is 2. The lowest BCUT2D eigenvalue weighted by Gasteiger charge is -2.21. The van der Waals surface area contributed by atoms with Crippen molar-refractivity contribution in [1.82, 2.24) is 4.90 Å². The van der Waals surface area contributed by atoms with Crippen LogP contribution in [-0.2, 0) is 0 Å². The van der Waals surface area contributed by atoms with Gasteiger partial charge in [0.1, 0.15) is 0 Å². The maximum absolute atomic E-state index is 12.1. The van der Waals surface area contributed by atoms with Crippen molar-refractivity contribution in [3.05, 3.63) is 23.8 Å². The third kappa shape index (κ3) is 5.08. The van der Waals surface area contributed by atoms with Gasteiger partial charge in [-0.25, -0.2) is 4.79 Å². The fraction of sp³-hybridized carbons (Fsp3) is 0.562. The van der Waals surface area contributed by atoms with Crippen LogP contribution in [0.15, 0.2) is 23.1 Å². The Morgan fingerprint density at radius 1 is 1.25 bits per heavy atom. The molecule has 1 aromatic carbocycles. The quantitative estimate of drug-likeness (QED) is 0.812. The monoisotopic (exact) mass is 294 g/mol. The number of carbonyl (C=O) groups excluding carboxylic acids is 1. The van der Waals surface area contributed by atoms with E-state index in [9.17, 15) is 4.79 Å². The van der Waals surface area contributed by atoms with Crippen LogP contribution in [-0.4, -0.2) is 28.8 Å². The summed E-state index contributed by atoms with van der Waals surface area (Å²) < 4.78 is 0.193. The number of anilines is 1. The summed E-state index contributed by atoms with van der Waals surface area (Å²) in [6.07, 6.45) is 0. The molecular formula is C16H26N2OS. The summed E-state index contributed by atoms with van der Waals surface area (Å²) in [4.78, 5) is 15.1. The maximum atomic E-state index is 12.1. The first-order valence-corrected chi connectivity index (χ1v) is 7.94. The Morgan fingerprint density at radius 3 is 2.30 bits per heavy atom. The zero-order valence-electron chi connectivity index (χ0n) is 13.4. The molecule has 1 aromatic rings. The molecule has 0 radical (unpaired) electrons. The molecule has 0 aliphatic rings. The van der Waals surface area contributed by atoms with Crippen LogP contribution in [0, 0.1) is 6.92 Å². The van der Waals surface area contributed by atoms with Gasteiger partial charge in [-0.05, 0) is 44.5 Å². The molecular weight excluding hydrogens is 268 g/mol. The fourth-order valence-corrected chi connectivity index (χ4v) is 2.98. The van der Waals surface area contributed by atoms with Gasteiger partial charge in [-0.2, -0.15) is 0 Å². The minimum absolute atomic E-state index is 0.0330. The molecule has 0 aliphatic heterocycles. The Bertz CT molecular complexity index is 462. The summed E-state index contributed by atoms with van der Waals surface area (Å²) in [5.41, 5.74) is 1.99. The largest absolute Gasteiger partial charge is 0.325 e. The second-order valence-corrected chi connectivity index (χ2v) is 7.69. The predicted octanol–water partition coefficient (Wildman–Crippen LogP) is 4.76. The van der Waals surface area contributed by atoms with Gasteiger partial charge in [-0.3, -0.25) is 0 Å². The molecule has 0 unspecified atom stereocenters. The third-order valence-corrected chi connectivity index (χ3v) is 4.02. The molecule has 1 N–H and O–H groups in total. The van der Waals surface area contributed by atoms with Crippen LogP contribution in [0.2, 0.25) is 0 Å². The number of nitrogens with zero attached hydrogens (tertiary/aromatic N) is 1. The number of hydrogen-bond donors (Lipinski definition) is 1. The second kappa shape index (κ2) is 7.02. The van der Waals surface area contributed by atoms with Gasteiger partial charge >= 0.3 is 6.03 Å². The van der Waals surface area contributed by atoms with Crippen LogP contribution >= 0.6 is 11.8 Å². The molecule has 3 nitrogen and oxygen atoms in total. The number of carbonyl (C=O) groups is 1. The first-order valence-electron chi connectivity index (χ1n) is 7.12. The van der Waals surface area contributed by atoms with Crippen LogP contribution in [0.5, 0.6) is 0 Å². The number of benzene rings is 1. The van der Waals surface area contributed by atoms with E-state index in [1.807, 2.05) is 38.6 Å². The summed E-state index contributed by atoms with van der Waals surface area (Å²) >= 11 is 1.83. The molecule has 0 aliphatic carbocycles. The van der Waals surface area contributed by atoms with Gasteiger partial charge in [0.25, 0.3) is 0 Å². The van der Waals surface area contributed by atoms with Crippen LogP contribution < -0.4 is 5.32 Å². The van der Waals surface area contributed by atoms with Crippen molar-refractivity contribution >= 4 is 23.5 Å². The zero-order valence-corrected chi connectivity index (χ0v) is 14.2. The minimum Gasteiger partial charge on any atom is -0.325 e. The van der Waals surface area contributed by atoms with E-state index >= 15 is 0 Å². The standard InChI is InChI=1S/C16H26N2OS/c1-7-18(8-2)15(19)17-14-10-9-13(11-12(14)3)20-16(4,5)6/h9-11H,7-8H2,1-6H3,(H,17,19). The molecule has 0 fully saturated rings. The summed E-state index contributed by atoms with van der Waals surface area (Å²) in [5, 5.41) is 2.98. The van der Waals surface area contributed by atoms with Gasteiger partial charge in [0.15, 0.2) is 0 Å². The van der Waals surface area contributed by atoms with Gasteiger partial charge in [0, 0.05) is 28.4 Å². The van der Waals surface area contributed by atoms with E-state index in [-0.39, 0.29) is 10.8 Å². The van der Waals surface area contributed by atoms with E-state index in [2.05, 4.69) is 38.2 Å². The summed E-state index contributed by atoms with van der Waals surface area (Å²) in [5.74, 6) is 0. The van der Waals surface area contributed by atoms with E-state index in [0.717, 1.165) is 24.3 Å². The highest BCUT2D eigenvalue weighted by Gasteiger charge is 2.14. The maximum Gasteiger partial charge on any atom is 0.321 e. The lowest BCUT2D eigenvalue weighted by Crippen LogP contribution is -2.34. The van der Waals surface area contributed by atoms with E-state index < -0.39 is 0 Å². The number of thioether (sulfide) groups is 1. The normalized spacial score (nSPS) is 11.3. The summed E-state index contributed by atoms with van der Waals surface area (Å²) in [6, 6.07) is 6.16. The van der Waals surface area contributed by atoms with E-state index in [0.29, 0.717) is 0 Å². The van der Waals surface area contributed by atoms with E-state index in [1.165, 1.54) is 4.90 Å². The van der Waals surface area contributed by atoms with Gasteiger partial charge in [-0.1, -0.05) is 20.8 Å². The SMILES string of the molecule is CCN(CC)C(=O)Nc1ccc(SC(C)(C)C)cc1C. The topological polar surface area (TPSA) is 32.3 Å². The predicted molar refractivity (Wildman–Crippen MR) is 88.7 cm³/mol. The molecule has 0 bridgehead atoms. The Kier molecular flexibility index (Phi) is 5.93. The van der Waals surface area contributed by atoms with Crippen LogP contribution in [0.1, 0.15) is 40.2 Å². The number of urea groups is 1. The van der Waals surface area contributed by atoms with Crippen molar-refractivity contribution in [3.63, 3.8) is 0 Å². The van der Waals surface area contributed by atoms with Gasteiger partial charge in [0.2, 0.25) is 0 Å². The Balaban J connectivity index is 2.81. The van der Waals surface area contributed by atoms with Crippen LogP contribution in [0.3, 0.4) is 0 Å². The fourth-order valence-electron chi connectivity index (χ4n) is 1.90. The molecule has 0 spiro atoms. The molecule has 0 heterocycles. The number of rotatable bonds is 4. The van der Waals surface area contributed by atoms with Crippen molar-refractivity contribution in [2.24, 2.45) is 0 Å². The number of nitrogens with one attached hydrogen (secondary N) is 1. The second-order valence-electron chi connectivity index (χ2n) is 5.79. The zero-order chi connectivity index (χ0) is 15.3. The van der Waals surface area contributed by atoms with Crippen molar-refractivity contribution < 1.29 is 4.79 Å². The molecule has 112 valence electrons. The smallest absolute Gasteiger partial charge is 0.321 e. The highest BCUT2D eigenvalue weighted by atomic mass is 32.2. The highest BCUT2D eigenvalue weighted by molar-refractivity contribution is 8.00. The van der Waals surface area contributed by atoms with E-state index in [1.54, 1.807) is 4.90 Å². The molecule has 1 rings (SSSR count). The van der Waals surface area contributed by atoms with Crippen molar-refractivity contribution in [1.29, 1.82) is 0 Å². The van der Waals surface area contributed by atoms with Crippen LogP contribution in [0.4, 0.5) is 10.5 Å². The van der Waals surface area contributed by atoms with Crippen molar-refractivity contribution in [2.45, 2.75) is 51.2 Å². The average molecular weight is 294 g/mol. The number of aryl methyl sites for hydroxylation is 1. The van der Waals surface area contributed by atoms with Crippen molar-refractivity contribution in [3.8, 4) is 0 Å². The van der Waals surface area contributed by atoms with Crippen LogP contribution in [0.25, 0.3) is 0 Å². The average Bonchev–Trinajstić information content (AvgIpc) is 2.32. The molecule has 0 saturated carbocycles. The third-order valence-electron chi connectivity index (χ3n) is 2.91. The van der Waals surface area contributed by atoms with Gasteiger partial charge in [-0.15, -0.1) is 11.8 Å².